The lowest BCUT2D eigenvalue weighted by molar-refractivity contribution is -0.125. The van der Waals surface area contributed by atoms with E-state index < -0.39 is 17.8 Å². The number of carbonyl (C=O) groups excluding carboxylic acids is 1. The van der Waals surface area contributed by atoms with Crippen LogP contribution in [0.1, 0.15) is 12.0 Å². The molecule has 0 aromatic heterocycles. The summed E-state index contributed by atoms with van der Waals surface area (Å²) < 4.78 is 25.4. The molecule has 0 saturated heterocycles. The number of rotatable bonds is 5. The highest BCUT2D eigenvalue weighted by Crippen LogP contribution is 2.37. The Morgan fingerprint density at radius 2 is 2.00 bits per heavy atom. The standard InChI is InChI=1S/C17H13ClF2N2O2S/c18-11-7-4-8-12(15(11)25-17(19)20)21-16(23)14-9-13(22-24-14)10-5-2-1-3-6-10/h1-8,14,17H,9H2,(H,21,23). The SMILES string of the molecule is O=C(Nc1cccc(Cl)c1SC(F)F)C1CC(c2ccccc2)=NO1. The Hall–Kier alpha value is -2.12. The minimum Gasteiger partial charge on any atom is -0.382 e. The van der Waals surface area contributed by atoms with Gasteiger partial charge in [0.05, 0.1) is 21.3 Å². The molecule has 0 aliphatic carbocycles. The monoisotopic (exact) mass is 382 g/mol. The van der Waals surface area contributed by atoms with E-state index in [2.05, 4.69) is 10.5 Å². The zero-order valence-electron chi connectivity index (χ0n) is 12.8. The van der Waals surface area contributed by atoms with E-state index >= 15 is 0 Å². The fourth-order valence-corrected chi connectivity index (χ4v) is 3.26. The van der Waals surface area contributed by atoms with Gasteiger partial charge in [-0.3, -0.25) is 4.79 Å². The van der Waals surface area contributed by atoms with Gasteiger partial charge < -0.3 is 10.2 Å². The van der Waals surface area contributed by atoms with Crippen molar-refractivity contribution in [2.24, 2.45) is 5.16 Å². The number of thioether (sulfide) groups is 1. The molecular formula is C17H13ClF2N2O2S. The molecular weight excluding hydrogens is 370 g/mol. The van der Waals surface area contributed by atoms with Crippen LogP contribution in [0.15, 0.2) is 58.6 Å². The van der Waals surface area contributed by atoms with Gasteiger partial charge in [0.25, 0.3) is 11.7 Å². The molecule has 2 aromatic carbocycles. The molecule has 0 bridgehead atoms. The zero-order valence-corrected chi connectivity index (χ0v) is 14.4. The first kappa shape index (κ1) is 17.7. The van der Waals surface area contributed by atoms with Crippen molar-refractivity contribution in [2.75, 3.05) is 5.32 Å². The summed E-state index contributed by atoms with van der Waals surface area (Å²) in [5.74, 6) is -3.11. The second-order valence-corrected chi connectivity index (χ2v) is 6.59. The molecule has 1 aliphatic heterocycles. The molecule has 1 aliphatic rings. The second-order valence-electron chi connectivity index (χ2n) is 5.19. The van der Waals surface area contributed by atoms with Gasteiger partial charge >= 0.3 is 0 Å². The van der Waals surface area contributed by atoms with Crippen molar-refractivity contribution in [1.82, 2.24) is 0 Å². The van der Waals surface area contributed by atoms with Crippen molar-refractivity contribution in [3.05, 3.63) is 59.1 Å². The van der Waals surface area contributed by atoms with Crippen molar-refractivity contribution in [2.45, 2.75) is 23.2 Å². The summed E-state index contributed by atoms with van der Waals surface area (Å²) in [5.41, 5.74) is 1.75. The quantitative estimate of drug-likeness (QED) is 0.756. The first-order chi connectivity index (χ1) is 12.0. The summed E-state index contributed by atoms with van der Waals surface area (Å²) in [6.07, 6.45) is -0.521. The first-order valence-corrected chi connectivity index (χ1v) is 8.62. The maximum absolute atomic E-state index is 12.7. The number of amides is 1. The van der Waals surface area contributed by atoms with Crippen LogP contribution in [0, 0.1) is 0 Å². The van der Waals surface area contributed by atoms with E-state index in [0.717, 1.165) is 5.56 Å². The van der Waals surface area contributed by atoms with E-state index in [0.29, 0.717) is 12.1 Å². The average molecular weight is 383 g/mol. The Bertz CT molecular complexity index is 802. The molecule has 1 heterocycles. The van der Waals surface area contributed by atoms with Gasteiger partial charge in [0.2, 0.25) is 6.10 Å². The van der Waals surface area contributed by atoms with Crippen LogP contribution in [0.2, 0.25) is 5.02 Å². The van der Waals surface area contributed by atoms with E-state index in [1.165, 1.54) is 12.1 Å². The number of hydrogen-bond donors (Lipinski definition) is 1. The minimum absolute atomic E-state index is 0.120. The van der Waals surface area contributed by atoms with Crippen molar-refractivity contribution < 1.29 is 18.4 Å². The zero-order chi connectivity index (χ0) is 17.8. The number of alkyl halides is 2. The molecule has 1 N–H and O–H groups in total. The van der Waals surface area contributed by atoms with E-state index in [9.17, 15) is 13.6 Å². The van der Waals surface area contributed by atoms with E-state index in [4.69, 9.17) is 16.4 Å². The maximum atomic E-state index is 12.7. The van der Waals surface area contributed by atoms with Crippen molar-refractivity contribution in [3.8, 4) is 0 Å². The summed E-state index contributed by atoms with van der Waals surface area (Å²) in [4.78, 5) is 17.7. The number of anilines is 1. The smallest absolute Gasteiger partial charge is 0.289 e. The molecule has 1 amide bonds. The van der Waals surface area contributed by atoms with Gasteiger partial charge in [-0.15, -0.1) is 0 Å². The number of halogens is 3. The van der Waals surface area contributed by atoms with Crippen molar-refractivity contribution in [3.63, 3.8) is 0 Å². The topological polar surface area (TPSA) is 50.7 Å². The number of hydrogen-bond acceptors (Lipinski definition) is 4. The van der Waals surface area contributed by atoms with Crippen LogP contribution in [0.4, 0.5) is 14.5 Å². The molecule has 25 heavy (non-hydrogen) atoms. The predicted molar refractivity (Wildman–Crippen MR) is 94.4 cm³/mol. The fraction of sp³-hybridized carbons (Fsp3) is 0.176. The summed E-state index contributed by atoms with van der Waals surface area (Å²) in [5, 5.41) is 6.69. The van der Waals surface area contributed by atoms with Gasteiger partial charge in [0.1, 0.15) is 0 Å². The maximum Gasteiger partial charge on any atom is 0.289 e. The molecule has 1 atom stereocenters. The molecule has 0 fully saturated rings. The van der Waals surface area contributed by atoms with Crippen molar-refractivity contribution >= 4 is 40.7 Å². The van der Waals surface area contributed by atoms with Gasteiger partial charge in [-0.25, -0.2) is 0 Å². The van der Waals surface area contributed by atoms with Crippen LogP contribution >= 0.6 is 23.4 Å². The number of carbonyl (C=O) groups is 1. The number of benzene rings is 2. The number of nitrogens with zero attached hydrogens (tertiary/aromatic N) is 1. The van der Waals surface area contributed by atoms with Gasteiger partial charge in [0.15, 0.2) is 0 Å². The van der Waals surface area contributed by atoms with Crippen LogP contribution < -0.4 is 5.32 Å². The van der Waals surface area contributed by atoms with Gasteiger partial charge in [-0.1, -0.05) is 64.9 Å². The van der Waals surface area contributed by atoms with Gasteiger partial charge in [-0.2, -0.15) is 8.78 Å². The third-order valence-corrected chi connectivity index (χ3v) is 4.78. The largest absolute Gasteiger partial charge is 0.382 e. The van der Waals surface area contributed by atoms with Crippen LogP contribution in [-0.2, 0) is 9.63 Å². The lowest BCUT2D eigenvalue weighted by atomic mass is 10.0. The molecule has 0 radical (unpaired) electrons. The molecule has 3 rings (SSSR count). The normalized spacial score (nSPS) is 16.5. The third-order valence-electron chi connectivity index (χ3n) is 3.50. The Kier molecular flexibility index (Phi) is 5.55. The fourth-order valence-electron chi connectivity index (χ4n) is 2.35. The molecule has 130 valence electrons. The Morgan fingerprint density at radius 1 is 1.24 bits per heavy atom. The average Bonchev–Trinajstić information content (AvgIpc) is 3.09. The highest BCUT2D eigenvalue weighted by atomic mass is 35.5. The van der Waals surface area contributed by atoms with E-state index in [-0.39, 0.29) is 27.4 Å². The molecule has 8 heteroatoms. The highest BCUT2D eigenvalue weighted by molar-refractivity contribution is 7.99. The highest BCUT2D eigenvalue weighted by Gasteiger charge is 2.29. The van der Waals surface area contributed by atoms with Crippen molar-refractivity contribution in [1.29, 1.82) is 0 Å². The van der Waals surface area contributed by atoms with E-state index in [1.807, 2.05) is 30.3 Å². The molecule has 4 nitrogen and oxygen atoms in total. The van der Waals surface area contributed by atoms with E-state index in [1.54, 1.807) is 6.07 Å². The molecule has 2 aromatic rings. The molecule has 1 unspecified atom stereocenters. The molecule has 0 spiro atoms. The second kappa shape index (κ2) is 7.84. The van der Waals surface area contributed by atoms with Gasteiger partial charge in [0, 0.05) is 6.42 Å². The van der Waals surface area contributed by atoms with Crippen LogP contribution in [0.25, 0.3) is 0 Å². The molecule has 0 saturated carbocycles. The summed E-state index contributed by atoms with van der Waals surface area (Å²) >= 11 is 6.24. The van der Waals surface area contributed by atoms with Crippen LogP contribution in [-0.4, -0.2) is 23.5 Å². The Balaban J connectivity index is 1.69. The first-order valence-electron chi connectivity index (χ1n) is 7.37. The van der Waals surface area contributed by atoms with Crippen LogP contribution in [0.3, 0.4) is 0 Å². The predicted octanol–water partition coefficient (Wildman–Crippen LogP) is 4.79. The number of nitrogens with one attached hydrogen (secondary N) is 1. The summed E-state index contributed by atoms with van der Waals surface area (Å²) in [7, 11) is 0. The Morgan fingerprint density at radius 3 is 2.72 bits per heavy atom. The number of oxime groups is 1. The lowest BCUT2D eigenvalue weighted by Gasteiger charge is -2.14. The van der Waals surface area contributed by atoms with Crippen LogP contribution in [0.5, 0.6) is 0 Å². The lowest BCUT2D eigenvalue weighted by Crippen LogP contribution is -2.28. The third kappa shape index (κ3) is 4.29. The minimum atomic E-state index is -2.65. The summed E-state index contributed by atoms with van der Waals surface area (Å²) in [6.45, 7) is 0. The van der Waals surface area contributed by atoms with Gasteiger partial charge in [-0.05, 0) is 17.7 Å². The Labute approximate surface area is 152 Å². The summed E-state index contributed by atoms with van der Waals surface area (Å²) in [6, 6.07) is 13.9.